The highest BCUT2D eigenvalue weighted by molar-refractivity contribution is 8.03. The summed E-state index contributed by atoms with van der Waals surface area (Å²) in [4.78, 5) is 12.4. The third-order valence-corrected chi connectivity index (χ3v) is 6.88. The molecule has 0 aliphatic carbocycles. The van der Waals surface area contributed by atoms with Crippen LogP contribution in [0.2, 0.25) is 0 Å². The first kappa shape index (κ1) is 20.8. The number of unbranched alkanes of at least 4 members (excludes halogenated alkanes) is 1. The molecule has 0 aliphatic heterocycles. The second kappa shape index (κ2) is 10.0. The number of nitrogens with zero attached hydrogens (tertiary/aromatic N) is 4. The van der Waals surface area contributed by atoms with Gasteiger partial charge in [-0.3, -0.25) is 4.79 Å². The second-order valence-electron chi connectivity index (χ2n) is 5.93. The fourth-order valence-electron chi connectivity index (χ4n) is 2.29. The van der Waals surface area contributed by atoms with Gasteiger partial charge in [0.2, 0.25) is 5.91 Å². The summed E-state index contributed by atoms with van der Waals surface area (Å²) in [5, 5.41) is 15.5. The minimum atomic E-state index is -0.320. The van der Waals surface area contributed by atoms with Crippen LogP contribution in [0.4, 0.5) is 10.2 Å². The van der Waals surface area contributed by atoms with E-state index in [9.17, 15) is 9.18 Å². The Hall–Kier alpha value is -1.91. The topological polar surface area (TPSA) is 72.7 Å². The number of rotatable bonds is 9. The smallest absolute Gasteiger partial charge is 0.235 e. The van der Waals surface area contributed by atoms with Gasteiger partial charge in [-0.1, -0.05) is 48.2 Å². The van der Waals surface area contributed by atoms with Gasteiger partial charge in [-0.05, 0) is 37.6 Å². The SMILES string of the molecule is CCCCSc1nnc(SCC(=O)Nc2cc(C)nn2-c2ccc(F)cc2)s1. The van der Waals surface area contributed by atoms with Gasteiger partial charge in [0.15, 0.2) is 8.68 Å². The molecule has 1 aromatic carbocycles. The maximum Gasteiger partial charge on any atom is 0.235 e. The summed E-state index contributed by atoms with van der Waals surface area (Å²) in [7, 11) is 0. The molecule has 0 unspecified atom stereocenters. The Morgan fingerprint density at radius 2 is 1.93 bits per heavy atom. The quantitative estimate of drug-likeness (QED) is 0.383. The van der Waals surface area contributed by atoms with Crippen molar-refractivity contribution in [1.82, 2.24) is 20.0 Å². The minimum absolute atomic E-state index is 0.163. The van der Waals surface area contributed by atoms with Crippen LogP contribution in [0.5, 0.6) is 0 Å². The number of hydrogen-bond donors (Lipinski definition) is 1. The first-order chi connectivity index (χ1) is 13.5. The summed E-state index contributed by atoms with van der Waals surface area (Å²) < 4.78 is 16.4. The molecule has 2 heterocycles. The Morgan fingerprint density at radius 1 is 1.21 bits per heavy atom. The van der Waals surface area contributed by atoms with Gasteiger partial charge in [-0.2, -0.15) is 5.10 Å². The molecule has 0 saturated heterocycles. The Balaban J connectivity index is 1.57. The van der Waals surface area contributed by atoms with Gasteiger partial charge in [-0.15, -0.1) is 10.2 Å². The van der Waals surface area contributed by atoms with Crippen molar-refractivity contribution in [3.63, 3.8) is 0 Å². The van der Waals surface area contributed by atoms with Gasteiger partial charge in [0.25, 0.3) is 0 Å². The van der Waals surface area contributed by atoms with Gasteiger partial charge >= 0.3 is 0 Å². The highest BCUT2D eigenvalue weighted by Gasteiger charge is 2.13. The van der Waals surface area contributed by atoms with Crippen molar-refractivity contribution in [3.05, 3.63) is 41.8 Å². The number of aromatic nitrogens is 4. The van der Waals surface area contributed by atoms with Crippen LogP contribution in [-0.4, -0.2) is 37.4 Å². The molecule has 6 nitrogen and oxygen atoms in total. The molecule has 0 aliphatic rings. The lowest BCUT2D eigenvalue weighted by Crippen LogP contribution is -2.16. The lowest BCUT2D eigenvalue weighted by molar-refractivity contribution is -0.113. The monoisotopic (exact) mass is 437 g/mol. The van der Waals surface area contributed by atoms with E-state index >= 15 is 0 Å². The van der Waals surface area contributed by atoms with Crippen LogP contribution in [0.1, 0.15) is 25.5 Å². The van der Waals surface area contributed by atoms with Crippen molar-refractivity contribution in [2.75, 3.05) is 16.8 Å². The van der Waals surface area contributed by atoms with E-state index in [2.05, 4.69) is 27.5 Å². The molecule has 0 atom stereocenters. The Kier molecular flexibility index (Phi) is 7.46. The van der Waals surface area contributed by atoms with E-state index in [0.29, 0.717) is 11.5 Å². The minimum Gasteiger partial charge on any atom is -0.310 e. The lowest BCUT2D eigenvalue weighted by Gasteiger charge is -2.08. The molecule has 1 amide bonds. The first-order valence-electron chi connectivity index (χ1n) is 8.76. The summed E-state index contributed by atoms with van der Waals surface area (Å²) >= 11 is 4.56. The van der Waals surface area contributed by atoms with Gasteiger partial charge in [0, 0.05) is 11.8 Å². The Morgan fingerprint density at radius 3 is 2.64 bits per heavy atom. The van der Waals surface area contributed by atoms with E-state index < -0.39 is 0 Å². The predicted octanol–water partition coefficient (Wildman–Crippen LogP) is 4.79. The average Bonchev–Trinajstić information content (AvgIpc) is 3.27. The van der Waals surface area contributed by atoms with Gasteiger partial charge in [0.1, 0.15) is 11.6 Å². The molecule has 0 spiro atoms. The molecule has 0 radical (unpaired) electrons. The summed E-state index contributed by atoms with van der Waals surface area (Å²) in [6.45, 7) is 3.99. The number of aryl methyl sites for hydroxylation is 1. The van der Waals surface area contributed by atoms with Crippen molar-refractivity contribution in [3.8, 4) is 5.69 Å². The number of nitrogens with one attached hydrogen (secondary N) is 1. The van der Waals surface area contributed by atoms with E-state index in [-0.39, 0.29) is 17.5 Å². The third-order valence-electron chi connectivity index (χ3n) is 3.61. The number of anilines is 1. The molecule has 3 aromatic rings. The summed E-state index contributed by atoms with van der Waals surface area (Å²) in [6.07, 6.45) is 2.30. The van der Waals surface area contributed by atoms with E-state index in [1.807, 2.05) is 6.92 Å². The van der Waals surface area contributed by atoms with Crippen molar-refractivity contribution in [2.24, 2.45) is 0 Å². The zero-order valence-electron chi connectivity index (χ0n) is 15.5. The molecule has 0 fully saturated rings. The number of carbonyl (C=O) groups excluding carboxylic acids is 1. The number of amides is 1. The van der Waals surface area contributed by atoms with Gasteiger partial charge in [-0.25, -0.2) is 9.07 Å². The Labute approximate surface area is 175 Å². The molecule has 10 heteroatoms. The number of benzene rings is 1. The summed E-state index contributed by atoms with van der Waals surface area (Å²) in [5.74, 6) is 1.32. The third kappa shape index (κ3) is 5.79. The van der Waals surface area contributed by atoms with Crippen LogP contribution in [0.3, 0.4) is 0 Å². The molecule has 1 N–H and O–H groups in total. The van der Waals surface area contributed by atoms with Crippen LogP contribution in [0, 0.1) is 12.7 Å². The molecule has 0 saturated carbocycles. The zero-order chi connectivity index (χ0) is 19.9. The normalized spacial score (nSPS) is 11.0. The molecule has 2 aromatic heterocycles. The highest BCUT2D eigenvalue weighted by atomic mass is 32.2. The predicted molar refractivity (Wildman–Crippen MR) is 113 cm³/mol. The lowest BCUT2D eigenvalue weighted by atomic mass is 10.3. The largest absolute Gasteiger partial charge is 0.310 e. The van der Waals surface area contributed by atoms with E-state index in [4.69, 9.17) is 0 Å². The van der Waals surface area contributed by atoms with E-state index in [0.717, 1.165) is 33.0 Å². The van der Waals surface area contributed by atoms with E-state index in [1.165, 1.54) is 35.2 Å². The van der Waals surface area contributed by atoms with Crippen LogP contribution < -0.4 is 5.32 Å². The fraction of sp³-hybridized carbons (Fsp3) is 0.333. The number of carbonyl (C=O) groups is 1. The molecule has 3 rings (SSSR count). The van der Waals surface area contributed by atoms with E-state index in [1.54, 1.807) is 34.6 Å². The van der Waals surface area contributed by atoms with Gasteiger partial charge in [0.05, 0.1) is 17.1 Å². The van der Waals surface area contributed by atoms with Crippen LogP contribution in [0.25, 0.3) is 5.69 Å². The maximum atomic E-state index is 13.2. The number of hydrogen-bond acceptors (Lipinski definition) is 7. The second-order valence-corrected chi connectivity index (χ2v) is 9.47. The van der Waals surface area contributed by atoms with Crippen LogP contribution in [-0.2, 0) is 4.79 Å². The standard InChI is InChI=1S/C18H20FN5OS3/c1-3-4-9-26-17-21-22-18(28-17)27-11-16(25)20-15-10-12(2)23-24(15)14-7-5-13(19)6-8-14/h5-8,10H,3-4,9,11H2,1-2H3,(H,20,25). The molecule has 28 heavy (non-hydrogen) atoms. The van der Waals surface area contributed by atoms with Crippen molar-refractivity contribution >= 4 is 46.6 Å². The van der Waals surface area contributed by atoms with Gasteiger partial charge < -0.3 is 5.32 Å². The van der Waals surface area contributed by atoms with Crippen molar-refractivity contribution < 1.29 is 9.18 Å². The molecular weight excluding hydrogens is 417 g/mol. The molecule has 148 valence electrons. The number of halogens is 1. The summed E-state index contributed by atoms with van der Waals surface area (Å²) in [6, 6.07) is 7.73. The number of thioether (sulfide) groups is 2. The van der Waals surface area contributed by atoms with Crippen molar-refractivity contribution in [1.29, 1.82) is 0 Å². The zero-order valence-corrected chi connectivity index (χ0v) is 18.0. The maximum absolute atomic E-state index is 13.2. The molecule has 0 bridgehead atoms. The van der Waals surface area contributed by atoms with Crippen LogP contribution >= 0.6 is 34.9 Å². The Bertz CT molecular complexity index is 926. The highest BCUT2D eigenvalue weighted by Crippen LogP contribution is 2.29. The van der Waals surface area contributed by atoms with Crippen molar-refractivity contribution in [2.45, 2.75) is 35.4 Å². The first-order valence-corrected chi connectivity index (χ1v) is 11.6. The summed E-state index contributed by atoms with van der Waals surface area (Å²) in [5.41, 5.74) is 1.43. The molecular formula is C18H20FN5OS3. The van der Waals surface area contributed by atoms with Crippen LogP contribution in [0.15, 0.2) is 39.0 Å². The average molecular weight is 438 g/mol. The fourth-order valence-corrected chi connectivity index (χ4v) is 5.27.